The molecule has 4 rings (SSSR count). The standard InChI is InChI=1S/C21H17ClN2O4/c1-12-15-10-13(6-7-14(15)20(27)28-24-12)23-19(26)18(25)11-21(8-9-21)16-4-2-3-5-17(16)22/h2-7,10H,8-9,11H2,1H3,(H,23,26). The largest absolute Gasteiger partial charge is 0.366 e. The van der Waals surface area contributed by atoms with Gasteiger partial charge in [-0.15, -0.1) is 0 Å². The second-order valence-corrected chi connectivity index (χ2v) is 7.54. The Balaban J connectivity index is 1.52. The molecule has 7 heteroatoms. The van der Waals surface area contributed by atoms with E-state index in [2.05, 4.69) is 15.0 Å². The minimum atomic E-state index is -0.689. The van der Waals surface area contributed by atoms with Crippen LogP contribution in [0.1, 0.15) is 30.5 Å². The van der Waals surface area contributed by atoms with Gasteiger partial charge in [-0.2, -0.15) is 0 Å². The molecule has 1 saturated carbocycles. The molecule has 0 saturated heterocycles. The van der Waals surface area contributed by atoms with Crippen molar-refractivity contribution in [2.45, 2.75) is 31.6 Å². The summed E-state index contributed by atoms with van der Waals surface area (Å²) in [5.74, 6) is -1.19. The maximum Gasteiger partial charge on any atom is 0.366 e. The third kappa shape index (κ3) is 3.31. The van der Waals surface area contributed by atoms with Crippen LogP contribution in [0.2, 0.25) is 5.02 Å². The summed E-state index contributed by atoms with van der Waals surface area (Å²) >= 11 is 6.27. The van der Waals surface area contributed by atoms with Gasteiger partial charge in [0.2, 0.25) is 5.78 Å². The molecule has 0 spiro atoms. The van der Waals surface area contributed by atoms with Crippen LogP contribution in [-0.2, 0) is 15.0 Å². The lowest BCUT2D eigenvalue weighted by atomic mass is 9.90. The van der Waals surface area contributed by atoms with Crippen LogP contribution < -0.4 is 10.9 Å². The molecule has 2 aromatic carbocycles. The van der Waals surface area contributed by atoms with Crippen LogP contribution in [0.15, 0.2) is 51.8 Å². The number of fused-ring (bicyclic) bond motifs is 1. The molecule has 1 aliphatic carbocycles. The lowest BCUT2D eigenvalue weighted by Crippen LogP contribution is -2.27. The fourth-order valence-corrected chi connectivity index (χ4v) is 3.82. The van der Waals surface area contributed by atoms with Crippen molar-refractivity contribution in [3.05, 3.63) is 69.2 Å². The first-order valence-corrected chi connectivity index (χ1v) is 9.27. The van der Waals surface area contributed by atoms with Crippen LogP contribution in [0.3, 0.4) is 0 Å². The minimum Gasteiger partial charge on any atom is -0.319 e. The summed E-state index contributed by atoms with van der Waals surface area (Å²) in [5.41, 5.74) is 0.953. The summed E-state index contributed by atoms with van der Waals surface area (Å²) < 4.78 is 4.69. The number of nitrogens with zero attached hydrogens (tertiary/aromatic N) is 1. The van der Waals surface area contributed by atoms with Crippen molar-refractivity contribution in [2.24, 2.45) is 0 Å². The molecule has 0 unspecified atom stereocenters. The molecule has 1 heterocycles. The van der Waals surface area contributed by atoms with E-state index in [1.165, 1.54) is 0 Å². The minimum absolute atomic E-state index is 0.111. The fourth-order valence-electron chi connectivity index (χ4n) is 3.48. The van der Waals surface area contributed by atoms with Gasteiger partial charge in [0, 0.05) is 27.9 Å². The molecule has 3 aromatic rings. The Kier molecular flexibility index (Phi) is 4.51. The number of hydrogen-bond donors (Lipinski definition) is 1. The molecule has 0 radical (unpaired) electrons. The Bertz CT molecular complexity index is 1160. The number of anilines is 1. The zero-order valence-electron chi connectivity index (χ0n) is 15.1. The van der Waals surface area contributed by atoms with Crippen molar-refractivity contribution in [1.82, 2.24) is 5.16 Å². The van der Waals surface area contributed by atoms with E-state index >= 15 is 0 Å². The summed E-state index contributed by atoms with van der Waals surface area (Å²) in [7, 11) is 0. The second-order valence-electron chi connectivity index (χ2n) is 7.13. The Morgan fingerprint density at radius 2 is 1.93 bits per heavy atom. The van der Waals surface area contributed by atoms with Crippen molar-refractivity contribution in [3.63, 3.8) is 0 Å². The Labute approximate surface area is 165 Å². The Morgan fingerprint density at radius 3 is 2.64 bits per heavy atom. The van der Waals surface area contributed by atoms with Gasteiger partial charge in [0.25, 0.3) is 5.91 Å². The molecule has 1 fully saturated rings. The van der Waals surface area contributed by atoms with Crippen molar-refractivity contribution in [3.8, 4) is 0 Å². The predicted octanol–water partition coefficient (Wildman–Crippen LogP) is 3.78. The van der Waals surface area contributed by atoms with E-state index in [0.717, 1.165) is 18.4 Å². The molecule has 1 amide bonds. The number of hydrogen-bond acceptors (Lipinski definition) is 5. The first kappa shape index (κ1) is 18.4. The van der Waals surface area contributed by atoms with Gasteiger partial charge < -0.3 is 9.84 Å². The van der Waals surface area contributed by atoms with Gasteiger partial charge in [0.05, 0.1) is 11.1 Å². The molecule has 142 valence electrons. The number of carbonyl (C=O) groups excluding carboxylic acids is 2. The van der Waals surface area contributed by atoms with Gasteiger partial charge >= 0.3 is 5.63 Å². The van der Waals surface area contributed by atoms with E-state index < -0.39 is 17.3 Å². The normalized spacial score (nSPS) is 14.6. The number of carbonyl (C=O) groups is 2. The van der Waals surface area contributed by atoms with Gasteiger partial charge in [-0.1, -0.05) is 35.0 Å². The molecule has 6 nitrogen and oxygen atoms in total. The van der Waals surface area contributed by atoms with E-state index in [1.807, 2.05) is 18.2 Å². The summed E-state index contributed by atoms with van der Waals surface area (Å²) in [4.78, 5) is 36.7. The highest BCUT2D eigenvalue weighted by molar-refractivity contribution is 6.41. The van der Waals surface area contributed by atoms with E-state index in [1.54, 1.807) is 31.2 Å². The molecular formula is C21H17ClN2O4. The molecule has 0 bridgehead atoms. The number of Topliss-reactive ketones (excluding diaryl/α,β-unsaturated/α-hetero) is 1. The highest BCUT2D eigenvalue weighted by Crippen LogP contribution is 2.53. The number of rotatable bonds is 5. The van der Waals surface area contributed by atoms with E-state index in [-0.39, 0.29) is 11.8 Å². The SMILES string of the molecule is Cc1noc(=O)c2ccc(NC(=O)C(=O)CC3(c4ccccc4Cl)CC3)cc12. The maximum atomic E-state index is 12.5. The fraction of sp³-hybridized carbons (Fsp3) is 0.238. The summed E-state index contributed by atoms with van der Waals surface area (Å²) in [6.45, 7) is 1.70. The number of aromatic nitrogens is 1. The first-order chi connectivity index (χ1) is 13.4. The zero-order chi connectivity index (χ0) is 19.9. The molecule has 28 heavy (non-hydrogen) atoms. The van der Waals surface area contributed by atoms with E-state index in [0.29, 0.717) is 27.2 Å². The molecule has 0 aliphatic heterocycles. The van der Waals surface area contributed by atoms with Gasteiger partial charge in [-0.05, 0) is 49.6 Å². The zero-order valence-corrected chi connectivity index (χ0v) is 15.9. The number of aryl methyl sites for hydroxylation is 1. The van der Waals surface area contributed by atoms with Crippen LogP contribution in [0, 0.1) is 6.92 Å². The van der Waals surface area contributed by atoms with Crippen molar-refractivity contribution in [1.29, 1.82) is 0 Å². The second kappa shape index (κ2) is 6.87. The average Bonchev–Trinajstić information content (AvgIpc) is 3.45. The van der Waals surface area contributed by atoms with Crippen molar-refractivity contribution < 1.29 is 14.1 Å². The number of amides is 1. The topological polar surface area (TPSA) is 89.3 Å². The number of nitrogens with one attached hydrogen (secondary N) is 1. The van der Waals surface area contributed by atoms with Gasteiger partial charge in [0.1, 0.15) is 0 Å². The smallest absolute Gasteiger partial charge is 0.319 e. The van der Waals surface area contributed by atoms with Gasteiger partial charge in [-0.25, -0.2) is 4.79 Å². The molecule has 0 atom stereocenters. The number of halogens is 1. The lowest BCUT2D eigenvalue weighted by molar-refractivity contribution is -0.135. The van der Waals surface area contributed by atoms with Crippen LogP contribution >= 0.6 is 11.6 Å². The molecule has 1 aromatic heterocycles. The first-order valence-electron chi connectivity index (χ1n) is 8.89. The Morgan fingerprint density at radius 1 is 1.18 bits per heavy atom. The van der Waals surface area contributed by atoms with Crippen LogP contribution in [0.25, 0.3) is 10.8 Å². The van der Waals surface area contributed by atoms with E-state index in [4.69, 9.17) is 11.6 Å². The summed E-state index contributed by atoms with van der Waals surface area (Å²) in [6, 6.07) is 12.1. The van der Waals surface area contributed by atoms with Crippen molar-refractivity contribution in [2.75, 3.05) is 5.32 Å². The maximum absolute atomic E-state index is 12.5. The quantitative estimate of drug-likeness (QED) is 0.663. The van der Waals surface area contributed by atoms with Gasteiger partial charge in [-0.3, -0.25) is 9.59 Å². The van der Waals surface area contributed by atoms with E-state index in [9.17, 15) is 14.4 Å². The molecule has 1 aliphatic rings. The van der Waals surface area contributed by atoms with Crippen LogP contribution in [0.4, 0.5) is 5.69 Å². The summed E-state index contributed by atoms with van der Waals surface area (Å²) in [5, 5.41) is 7.85. The monoisotopic (exact) mass is 396 g/mol. The van der Waals surface area contributed by atoms with Crippen LogP contribution in [-0.4, -0.2) is 16.8 Å². The predicted molar refractivity (Wildman–Crippen MR) is 106 cm³/mol. The van der Waals surface area contributed by atoms with Crippen molar-refractivity contribution >= 4 is 39.8 Å². The third-order valence-corrected chi connectivity index (χ3v) is 5.53. The summed E-state index contributed by atoms with van der Waals surface area (Å²) in [6.07, 6.45) is 1.76. The molecular weight excluding hydrogens is 380 g/mol. The highest BCUT2D eigenvalue weighted by Gasteiger charge is 2.47. The van der Waals surface area contributed by atoms with Gasteiger partial charge in [0.15, 0.2) is 0 Å². The lowest BCUT2D eigenvalue weighted by Gasteiger charge is -2.16. The highest BCUT2D eigenvalue weighted by atomic mass is 35.5. The number of ketones is 1. The third-order valence-electron chi connectivity index (χ3n) is 5.20. The Hall–Kier alpha value is -2.99. The number of benzene rings is 2. The molecule has 1 N–H and O–H groups in total. The average molecular weight is 397 g/mol. The van der Waals surface area contributed by atoms with Crippen LogP contribution in [0.5, 0.6) is 0 Å².